The van der Waals surface area contributed by atoms with Crippen LogP contribution in [-0.2, 0) is 43.9 Å². The number of thioether (sulfide) groups is 1. The van der Waals surface area contributed by atoms with E-state index in [9.17, 15) is 28.7 Å². The van der Waals surface area contributed by atoms with Gasteiger partial charge in [-0.15, -0.1) is 23.1 Å². The van der Waals surface area contributed by atoms with Crippen LogP contribution in [0.2, 0.25) is 0 Å². The molecule has 0 aliphatic carbocycles. The molecule has 0 saturated carbocycles. The third-order valence-electron chi connectivity index (χ3n) is 13.3. The van der Waals surface area contributed by atoms with Gasteiger partial charge in [0.15, 0.2) is 28.4 Å². The number of aliphatic carboxylic acids is 1. The van der Waals surface area contributed by atoms with Crippen LogP contribution >= 0.6 is 23.1 Å². The molecule has 10 rings (SSSR count). The van der Waals surface area contributed by atoms with Crippen LogP contribution in [0, 0.1) is 5.82 Å². The lowest BCUT2D eigenvalue weighted by atomic mass is 9.77. The van der Waals surface area contributed by atoms with Gasteiger partial charge in [-0.25, -0.2) is 19.0 Å². The van der Waals surface area contributed by atoms with Gasteiger partial charge < -0.3 is 39.5 Å². The monoisotopic (exact) mass is 1150 g/mol. The fourth-order valence-corrected chi connectivity index (χ4v) is 11.6. The van der Waals surface area contributed by atoms with E-state index in [1.165, 1.54) is 54.2 Å². The van der Waals surface area contributed by atoms with Crippen molar-refractivity contribution in [2.45, 2.75) is 43.0 Å². The highest BCUT2D eigenvalue weighted by atomic mass is 32.2. The summed E-state index contributed by atoms with van der Waals surface area (Å²) in [4.78, 5) is 94.1. The van der Waals surface area contributed by atoms with Crippen molar-refractivity contribution in [1.29, 1.82) is 0 Å². The molecular formula is C63H50FN5O12S2. The molecule has 3 N–H and O–H groups in total. The zero-order valence-electron chi connectivity index (χ0n) is 44.3. The standard InChI is InChI=1S/C63H50FN5O12S2/c1-38(70)78-50-33-28-42(34-51(50)79-39(2)71)56(61(76)80-55(40-18-8-3-9-19-40)41-20-10-4-11-21-41)81-68-52(57(72)66-53-58(73)69-54(60(74)75)43(36-82-59(53)69)35-77-48-31-29-47(64)30-32-48)49-37-83-62(65-49)67-63(44-22-12-5-13-23-44,45-24-14-6-15-25-45)46-26-16-7-17-27-46/h3-34,37,53,55-56,59H,35-36H2,1-2H3,(H,65,67)(H,66,72)(H,74,75)/b68-52-/t53-,56-,59+/m1/s1. The Hall–Kier alpha value is -9.92. The maximum atomic E-state index is 15.1. The number of halogens is 1. The van der Waals surface area contributed by atoms with E-state index in [4.69, 9.17) is 28.8 Å². The van der Waals surface area contributed by atoms with Crippen LogP contribution in [0.15, 0.2) is 216 Å². The number of rotatable bonds is 21. The SMILES string of the molecule is CC(=O)Oc1ccc([C@@H](O/N=C(\C(=O)N[C@@H]2C(=O)N3C(C(=O)O)=C(COc4ccc(F)cc4)CS[C@@H]23)c2csc(NC(c3ccccc3)(c3ccccc3)c3ccccc3)n2)C(=O)OC(c2ccccc2)c2ccccc2)cc1OC(C)=O. The molecule has 2 aliphatic heterocycles. The van der Waals surface area contributed by atoms with E-state index in [-0.39, 0.29) is 52.1 Å². The molecule has 1 saturated heterocycles. The molecule has 7 aromatic carbocycles. The van der Waals surface area contributed by atoms with Crippen LogP contribution in [0.1, 0.15) is 65.1 Å². The number of ether oxygens (including phenoxy) is 4. The highest BCUT2D eigenvalue weighted by Gasteiger charge is 2.54. The van der Waals surface area contributed by atoms with Crippen molar-refractivity contribution in [2.24, 2.45) is 5.16 Å². The lowest BCUT2D eigenvalue weighted by molar-refractivity contribution is -0.162. The van der Waals surface area contributed by atoms with Gasteiger partial charge in [0.25, 0.3) is 11.8 Å². The number of anilines is 1. The second-order valence-electron chi connectivity index (χ2n) is 18.8. The van der Waals surface area contributed by atoms with Crippen molar-refractivity contribution >= 4 is 69.6 Å². The Morgan fingerprint density at radius 3 is 1.81 bits per heavy atom. The zero-order valence-corrected chi connectivity index (χ0v) is 45.9. The van der Waals surface area contributed by atoms with Gasteiger partial charge in [0, 0.05) is 36.1 Å². The lowest BCUT2D eigenvalue weighted by Gasteiger charge is -2.49. The summed E-state index contributed by atoms with van der Waals surface area (Å²) in [7, 11) is 0. The Bertz CT molecular complexity index is 3610. The number of carboxylic acids is 1. The summed E-state index contributed by atoms with van der Waals surface area (Å²) >= 11 is 2.31. The number of hydrogen-bond donors (Lipinski definition) is 3. The normalized spacial score (nSPS) is 15.3. The summed E-state index contributed by atoms with van der Waals surface area (Å²) in [6.45, 7) is 2.06. The maximum absolute atomic E-state index is 15.1. The number of nitrogens with zero attached hydrogens (tertiary/aromatic N) is 3. The molecule has 17 nitrogen and oxygen atoms in total. The summed E-state index contributed by atoms with van der Waals surface area (Å²) in [6, 6.07) is 54.7. The molecule has 0 unspecified atom stereocenters. The van der Waals surface area contributed by atoms with E-state index in [2.05, 4.69) is 15.8 Å². The molecule has 0 bridgehead atoms. The quantitative estimate of drug-likeness (QED) is 0.0152. The highest BCUT2D eigenvalue weighted by Crippen LogP contribution is 2.43. The number of hydrogen-bond acceptors (Lipinski definition) is 16. The molecule has 3 atom stereocenters. The number of esters is 3. The van der Waals surface area contributed by atoms with Crippen LogP contribution in [0.25, 0.3) is 0 Å². The number of fused-ring (bicyclic) bond motifs is 1. The Morgan fingerprint density at radius 2 is 1.27 bits per heavy atom. The number of carboxylic acid groups (broad SMARTS) is 1. The van der Waals surface area contributed by atoms with Crippen molar-refractivity contribution in [3.63, 3.8) is 0 Å². The fraction of sp³-hybridized carbons (Fsp3) is 0.143. The number of amides is 2. The predicted octanol–water partition coefficient (Wildman–Crippen LogP) is 10.1. The van der Waals surface area contributed by atoms with Crippen molar-refractivity contribution in [3.8, 4) is 17.2 Å². The molecule has 3 heterocycles. The summed E-state index contributed by atoms with van der Waals surface area (Å²) in [5, 5.41) is 22.2. The van der Waals surface area contributed by atoms with Gasteiger partial charge in [-0.3, -0.25) is 24.1 Å². The molecule has 0 radical (unpaired) electrons. The van der Waals surface area contributed by atoms with Crippen LogP contribution in [0.3, 0.4) is 0 Å². The number of thiazole rings is 1. The number of aromatic nitrogens is 1. The van der Waals surface area contributed by atoms with Crippen molar-refractivity contribution in [1.82, 2.24) is 15.2 Å². The maximum Gasteiger partial charge on any atom is 0.355 e. The number of carbonyl (C=O) groups excluding carboxylic acids is 5. The number of carbonyl (C=O) groups is 6. The smallest absolute Gasteiger partial charge is 0.355 e. The van der Waals surface area contributed by atoms with Gasteiger partial charge in [-0.05, 0) is 64.2 Å². The first-order valence-corrected chi connectivity index (χ1v) is 27.7. The zero-order chi connectivity index (χ0) is 58.0. The highest BCUT2D eigenvalue weighted by molar-refractivity contribution is 8.00. The average molecular weight is 1150 g/mol. The minimum absolute atomic E-state index is 0.0276. The Labute approximate surface area is 483 Å². The van der Waals surface area contributed by atoms with E-state index in [1.54, 1.807) is 66.0 Å². The largest absolute Gasteiger partial charge is 0.489 e. The van der Waals surface area contributed by atoms with Crippen LogP contribution in [-0.4, -0.2) is 80.2 Å². The third kappa shape index (κ3) is 12.5. The first-order valence-electron chi connectivity index (χ1n) is 25.8. The molecule has 1 fully saturated rings. The average Bonchev–Trinajstić information content (AvgIpc) is 2.37. The number of nitrogens with one attached hydrogen (secondary N) is 2. The topological polar surface area (TPSA) is 221 Å². The van der Waals surface area contributed by atoms with Crippen molar-refractivity contribution in [2.75, 3.05) is 17.7 Å². The summed E-state index contributed by atoms with van der Waals surface area (Å²) in [6.07, 6.45) is -2.87. The molecule has 0 spiro atoms. The predicted molar refractivity (Wildman–Crippen MR) is 307 cm³/mol. The van der Waals surface area contributed by atoms with Crippen LogP contribution in [0.4, 0.5) is 9.52 Å². The van der Waals surface area contributed by atoms with Crippen molar-refractivity contribution < 1.29 is 62.0 Å². The van der Waals surface area contributed by atoms with E-state index in [1.807, 2.05) is 91.0 Å². The second kappa shape index (κ2) is 25.3. The van der Waals surface area contributed by atoms with Crippen LogP contribution < -0.4 is 24.8 Å². The Morgan fingerprint density at radius 1 is 0.723 bits per heavy atom. The number of oxime groups is 1. The summed E-state index contributed by atoms with van der Waals surface area (Å²) in [5.74, 6) is -6.26. The van der Waals surface area contributed by atoms with Gasteiger partial charge >= 0.3 is 23.9 Å². The molecule has 418 valence electrons. The van der Waals surface area contributed by atoms with E-state index >= 15 is 9.59 Å². The van der Waals surface area contributed by atoms with Gasteiger partial charge in [0.1, 0.15) is 46.5 Å². The first kappa shape index (κ1) is 56.4. The molecule has 20 heteroatoms. The van der Waals surface area contributed by atoms with Gasteiger partial charge in [-0.1, -0.05) is 163 Å². The van der Waals surface area contributed by atoms with Crippen LogP contribution in [0.5, 0.6) is 17.2 Å². The summed E-state index contributed by atoms with van der Waals surface area (Å²) < 4.78 is 36.5. The molecule has 1 aromatic heterocycles. The molecule has 2 amide bonds. The molecular weight excluding hydrogens is 1100 g/mol. The third-order valence-corrected chi connectivity index (χ3v) is 15.4. The Kier molecular flexibility index (Phi) is 17.1. The van der Waals surface area contributed by atoms with E-state index in [0.29, 0.717) is 16.3 Å². The molecule has 83 heavy (non-hydrogen) atoms. The lowest BCUT2D eigenvalue weighted by Crippen LogP contribution is -2.71. The molecule has 2 aliphatic rings. The summed E-state index contributed by atoms with van der Waals surface area (Å²) in [5.41, 5.74) is 1.97. The minimum Gasteiger partial charge on any atom is -0.489 e. The van der Waals surface area contributed by atoms with E-state index in [0.717, 1.165) is 46.8 Å². The minimum atomic E-state index is -1.86. The fourth-order valence-electron chi connectivity index (χ4n) is 9.56. The Balaban J connectivity index is 1.05. The van der Waals surface area contributed by atoms with Gasteiger partial charge in [0.05, 0.1) is 0 Å². The van der Waals surface area contributed by atoms with Crippen molar-refractivity contribution in [3.05, 3.63) is 256 Å². The first-order chi connectivity index (χ1) is 40.3. The van der Waals surface area contributed by atoms with Gasteiger partial charge in [0.2, 0.25) is 6.10 Å². The molecule has 8 aromatic rings. The number of β-lactam (4-membered cyclic amide) rings is 1. The number of benzene rings is 7. The second-order valence-corrected chi connectivity index (χ2v) is 20.8. The van der Waals surface area contributed by atoms with Gasteiger partial charge in [-0.2, -0.15) is 0 Å². The van der Waals surface area contributed by atoms with E-state index < -0.39 is 76.4 Å².